The number of rotatable bonds is 4. The Kier molecular flexibility index (Phi) is 5.77. The van der Waals surface area contributed by atoms with E-state index in [0.29, 0.717) is 19.6 Å². The second-order valence-electron chi connectivity index (χ2n) is 6.50. The molecule has 2 aromatic carbocycles. The van der Waals surface area contributed by atoms with Crippen molar-refractivity contribution in [1.82, 2.24) is 0 Å². The first kappa shape index (κ1) is 19.0. The first-order valence-corrected chi connectivity index (χ1v) is 9.33. The number of halogens is 4. The molecule has 140 valence electrons. The first-order chi connectivity index (χ1) is 12.4. The van der Waals surface area contributed by atoms with Gasteiger partial charge >= 0.3 is 6.18 Å². The summed E-state index contributed by atoms with van der Waals surface area (Å²) in [5.74, 6) is -1.19. The summed E-state index contributed by atoms with van der Waals surface area (Å²) in [6, 6.07) is 13.7. The molecule has 1 heterocycles. The van der Waals surface area contributed by atoms with E-state index in [2.05, 4.69) is 21.2 Å². The lowest BCUT2D eigenvalue weighted by Gasteiger charge is -2.35. The Bertz CT molecular complexity index is 739. The third-order valence-corrected chi connectivity index (χ3v) is 5.36. The molecule has 0 amide bonds. The van der Waals surface area contributed by atoms with Crippen LogP contribution in [0, 0.1) is 5.92 Å². The van der Waals surface area contributed by atoms with Gasteiger partial charge < -0.3 is 16.0 Å². The maximum atomic E-state index is 12.8. The Morgan fingerprint density at radius 1 is 1.04 bits per heavy atom. The zero-order valence-electron chi connectivity index (χ0n) is 14.2. The number of nitrogens with two attached hydrogens (primary N) is 1. The van der Waals surface area contributed by atoms with Crippen molar-refractivity contribution in [2.24, 2.45) is 11.7 Å². The van der Waals surface area contributed by atoms with Gasteiger partial charge in [-0.05, 0) is 64.7 Å². The van der Waals surface area contributed by atoms with Crippen LogP contribution in [-0.2, 0) is 6.54 Å². The molecule has 0 aromatic heterocycles. The standard InChI is InChI=1S/C19H21BrF3N3/c20-17-11-16(25-15-3-1-13(12-24)2-4-15)5-6-18(17)26-9-7-14(8-10-26)19(21,22)23/h1-6,11,14,25H,7-10,12,24H2. The molecule has 3 N–H and O–H groups in total. The lowest BCUT2D eigenvalue weighted by molar-refractivity contribution is -0.179. The lowest BCUT2D eigenvalue weighted by atomic mass is 9.96. The van der Waals surface area contributed by atoms with Crippen LogP contribution in [0.1, 0.15) is 18.4 Å². The average Bonchev–Trinajstić information content (AvgIpc) is 2.62. The Hall–Kier alpha value is -1.73. The molecule has 0 spiro atoms. The van der Waals surface area contributed by atoms with Crippen LogP contribution in [0.4, 0.5) is 30.2 Å². The molecule has 0 bridgehead atoms. The van der Waals surface area contributed by atoms with Gasteiger partial charge in [-0.1, -0.05) is 12.1 Å². The van der Waals surface area contributed by atoms with E-state index in [1.807, 2.05) is 47.4 Å². The zero-order chi connectivity index (χ0) is 18.7. The summed E-state index contributed by atoms with van der Waals surface area (Å²) in [5, 5.41) is 3.32. The van der Waals surface area contributed by atoms with Gasteiger partial charge in [-0.2, -0.15) is 13.2 Å². The Balaban J connectivity index is 1.66. The lowest BCUT2D eigenvalue weighted by Crippen LogP contribution is -2.39. The fourth-order valence-corrected chi connectivity index (χ4v) is 3.81. The van der Waals surface area contributed by atoms with E-state index < -0.39 is 12.1 Å². The van der Waals surface area contributed by atoms with E-state index in [1.54, 1.807) is 0 Å². The summed E-state index contributed by atoms with van der Waals surface area (Å²) >= 11 is 3.55. The summed E-state index contributed by atoms with van der Waals surface area (Å²) in [5.41, 5.74) is 9.45. The predicted molar refractivity (Wildman–Crippen MR) is 103 cm³/mol. The van der Waals surface area contributed by atoms with Crippen LogP contribution in [0.15, 0.2) is 46.9 Å². The van der Waals surface area contributed by atoms with Crippen LogP contribution < -0.4 is 16.0 Å². The smallest absolute Gasteiger partial charge is 0.371 e. The largest absolute Gasteiger partial charge is 0.391 e. The highest BCUT2D eigenvalue weighted by atomic mass is 79.9. The highest BCUT2D eigenvalue weighted by molar-refractivity contribution is 9.10. The van der Waals surface area contributed by atoms with Crippen LogP contribution in [0.3, 0.4) is 0 Å². The molecule has 1 saturated heterocycles. The van der Waals surface area contributed by atoms with Gasteiger partial charge in [0.05, 0.1) is 11.6 Å². The van der Waals surface area contributed by atoms with Crippen LogP contribution in [-0.4, -0.2) is 19.3 Å². The molecule has 1 aliphatic heterocycles. The molecule has 0 atom stereocenters. The van der Waals surface area contributed by atoms with Crippen LogP contribution in [0.2, 0.25) is 0 Å². The molecule has 0 saturated carbocycles. The fourth-order valence-electron chi connectivity index (χ4n) is 3.18. The van der Waals surface area contributed by atoms with Crippen molar-refractivity contribution < 1.29 is 13.2 Å². The number of nitrogens with zero attached hydrogens (tertiary/aromatic N) is 1. The van der Waals surface area contributed by atoms with Crippen molar-refractivity contribution in [3.8, 4) is 0 Å². The molecule has 3 nitrogen and oxygen atoms in total. The zero-order valence-corrected chi connectivity index (χ0v) is 15.8. The van der Waals surface area contributed by atoms with E-state index in [-0.39, 0.29) is 12.8 Å². The molecule has 1 aliphatic rings. The number of benzene rings is 2. The third-order valence-electron chi connectivity index (χ3n) is 4.72. The maximum absolute atomic E-state index is 12.8. The Labute approximate surface area is 159 Å². The molecule has 0 unspecified atom stereocenters. The molecular weight excluding hydrogens is 407 g/mol. The summed E-state index contributed by atoms with van der Waals surface area (Å²) in [6.07, 6.45) is -3.80. The van der Waals surface area contributed by atoms with Crippen molar-refractivity contribution in [2.75, 3.05) is 23.3 Å². The van der Waals surface area contributed by atoms with E-state index >= 15 is 0 Å². The highest BCUT2D eigenvalue weighted by Crippen LogP contribution is 2.37. The summed E-state index contributed by atoms with van der Waals surface area (Å²) < 4.78 is 39.3. The van der Waals surface area contributed by atoms with Gasteiger partial charge in [0.2, 0.25) is 0 Å². The topological polar surface area (TPSA) is 41.3 Å². The predicted octanol–water partition coefficient (Wildman–Crippen LogP) is 5.43. The number of alkyl halides is 3. The molecular formula is C19H21BrF3N3. The van der Waals surface area contributed by atoms with E-state index in [9.17, 15) is 13.2 Å². The van der Waals surface area contributed by atoms with Gasteiger partial charge in [0.1, 0.15) is 0 Å². The Morgan fingerprint density at radius 2 is 1.65 bits per heavy atom. The van der Waals surface area contributed by atoms with Gasteiger partial charge in [0.15, 0.2) is 0 Å². The SMILES string of the molecule is NCc1ccc(Nc2ccc(N3CCC(C(F)(F)F)CC3)c(Br)c2)cc1. The molecule has 0 aliphatic carbocycles. The van der Waals surface area contributed by atoms with Crippen molar-refractivity contribution >= 4 is 33.0 Å². The van der Waals surface area contributed by atoms with E-state index in [4.69, 9.17) is 5.73 Å². The minimum atomic E-state index is -4.09. The molecule has 3 rings (SSSR count). The average molecular weight is 428 g/mol. The number of hydrogen-bond donors (Lipinski definition) is 2. The van der Waals surface area contributed by atoms with E-state index in [1.165, 1.54) is 0 Å². The highest BCUT2D eigenvalue weighted by Gasteiger charge is 2.41. The third kappa shape index (κ3) is 4.51. The number of nitrogens with one attached hydrogen (secondary N) is 1. The summed E-state index contributed by atoms with van der Waals surface area (Å²) in [4.78, 5) is 2.01. The second-order valence-corrected chi connectivity index (χ2v) is 7.35. The van der Waals surface area contributed by atoms with Crippen molar-refractivity contribution in [1.29, 1.82) is 0 Å². The molecule has 1 fully saturated rings. The van der Waals surface area contributed by atoms with E-state index in [0.717, 1.165) is 27.1 Å². The minimum absolute atomic E-state index is 0.142. The minimum Gasteiger partial charge on any atom is -0.371 e. The van der Waals surface area contributed by atoms with Crippen LogP contribution in [0.25, 0.3) is 0 Å². The molecule has 26 heavy (non-hydrogen) atoms. The summed E-state index contributed by atoms with van der Waals surface area (Å²) in [6.45, 7) is 1.33. The fraction of sp³-hybridized carbons (Fsp3) is 0.368. The Morgan fingerprint density at radius 3 is 2.19 bits per heavy atom. The van der Waals surface area contributed by atoms with Crippen molar-refractivity contribution in [2.45, 2.75) is 25.6 Å². The number of anilines is 3. The monoisotopic (exact) mass is 427 g/mol. The van der Waals surface area contributed by atoms with Gasteiger partial charge in [0.25, 0.3) is 0 Å². The summed E-state index contributed by atoms with van der Waals surface area (Å²) in [7, 11) is 0. The number of piperidine rings is 1. The normalized spacial score (nSPS) is 16.0. The van der Waals surface area contributed by atoms with Crippen molar-refractivity contribution in [3.05, 3.63) is 52.5 Å². The van der Waals surface area contributed by atoms with Gasteiger partial charge in [0, 0.05) is 35.5 Å². The quantitative estimate of drug-likeness (QED) is 0.683. The maximum Gasteiger partial charge on any atom is 0.391 e. The molecule has 7 heteroatoms. The molecule has 0 radical (unpaired) electrons. The molecule has 2 aromatic rings. The van der Waals surface area contributed by atoms with Crippen LogP contribution in [0.5, 0.6) is 0 Å². The van der Waals surface area contributed by atoms with Crippen LogP contribution >= 0.6 is 15.9 Å². The first-order valence-electron chi connectivity index (χ1n) is 8.54. The second kappa shape index (κ2) is 7.88. The van der Waals surface area contributed by atoms with Gasteiger partial charge in [-0.25, -0.2) is 0 Å². The van der Waals surface area contributed by atoms with Gasteiger partial charge in [-0.15, -0.1) is 0 Å². The van der Waals surface area contributed by atoms with Crippen molar-refractivity contribution in [3.63, 3.8) is 0 Å². The van der Waals surface area contributed by atoms with Gasteiger partial charge in [-0.3, -0.25) is 0 Å². The number of hydrogen-bond acceptors (Lipinski definition) is 3.